The van der Waals surface area contributed by atoms with Crippen LogP contribution in [0.2, 0.25) is 0 Å². The van der Waals surface area contributed by atoms with Crippen LogP contribution in [0.25, 0.3) is 21.9 Å². The van der Waals surface area contributed by atoms with E-state index in [1.807, 2.05) is 12.1 Å². The Hall–Kier alpha value is -1.96. The van der Waals surface area contributed by atoms with E-state index >= 15 is 0 Å². The average molecular weight is 265 g/mol. The lowest BCUT2D eigenvalue weighted by atomic mass is 10.0. The van der Waals surface area contributed by atoms with Gasteiger partial charge in [0.15, 0.2) is 0 Å². The van der Waals surface area contributed by atoms with E-state index in [1.165, 1.54) is 29.3 Å². The first kappa shape index (κ1) is 11.8. The van der Waals surface area contributed by atoms with Crippen molar-refractivity contribution >= 4 is 27.6 Å². The summed E-state index contributed by atoms with van der Waals surface area (Å²) in [5, 5.41) is 6.03. The minimum atomic E-state index is 0.480. The first-order chi connectivity index (χ1) is 9.66. The van der Waals surface area contributed by atoms with E-state index in [9.17, 15) is 0 Å². The average Bonchev–Trinajstić information content (AvgIpc) is 3.10. The Kier molecular flexibility index (Phi) is 2.38. The zero-order chi connectivity index (χ0) is 13.7. The molecule has 3 aromatic rings. The van der Waals surface area contributed by atoms with Crippen molar-refractivity contribution in [2.45, 2.75) is 32.7 Å². The first-order valence-corrected chi connectivity index (χ1v) is 7.34. The highest BCUT2D eigenvalue weighted by atomic mass is 16.3. The maximum absolute atomic E-state index is 5.86. The third-order valence-electron chi connectivity index (χ3n) is 4.84. The van der Waals surface area contributed by atoms with Crippen LogP contribution in [-0.2, 0) is 0 Å². The molecule has 1 unspecified atom stereocenters. The largest absolute Gasteiger partial charge is 0.456 e. The maximum Gasteiger partial charge on any atom is 0.135 e. The predicted molar refractivity (Wildman–Crippen MR) is 84.1 cm³/mol. The number of hydrogen-bond donors (Lipinski definition) is 1. The van der Waals surface area contributed by atoms with E-state index in [0.29, 0.717) is 11.5 Å². The van der Waals surface area contributed by atoms with Crippen LogP contribution in [-0.4, -0.2) is 6.04 Å². The van der Waals surface area contributed by atoms with Crippen LogP contribution >= 0.6 is 0 Å². The zero-order valence-corrected chi connectivity index (χ0v) is 11.9. The molecule has 20 heavy (non-hydrogen) atoms. The van der Waals surface area contributed by atoms with E-state index < -0.39 is 0 Å². The second kappa shape index (κ2) is 4.02. The Bertz CT molecular complexity index is 782. The standard InChI is InChI=1S/C18H19NO/c1-12(18(2)9-10-18)19-13-7-8-17-15(11-13)14-5-3-4-6-16(14)20-17/h3-8,11-12,19H,9-10H2,1-2H3. The third kappa shape index (κ3) is 1.79. The molecule has 0 bridgehead atoms. The highest BCUT2D eigenvalue weighted by Gasteiger charge is 2.42. The SMILES string of the molecule is CC(Nc1ccc2oc3ccccc3c2c1)C1(C)CC1. The third-order valence-corrected chi connectivity index (χ3v) is 4.84. The van der Waals surface area contributed by atoms with E-state index in [1.54, 1.807) is 0 Å². The van der Waals surface area contributed by atoms with Crippen molar-refractivity contribution in [3.63, 3.8) is 0 Å². The molecule has 1 heterocycles. The Morgan fingerprint density at radius 3 is 2.60 bits per heavy atom. The van der Waals surface area contributed by atoms with Crippen molar-refractivity contribution in [1.29, 1.82) is 0 Å². The minimum absolute atomic E-state index is 0.480. The molecule has 0 saturated heterocycles. The number of benzene rings is 2. The van der Waals surface area contributed by atoms with Gasteiger partial charge in [0.05, 0.1) is 0 Å². The number of furan rings is 1. The summed E-state index contributed by atoms with van der Waals surface area (Å²) in [6.45, 7) is 4.64. The summed E-state index contributed by atoms with van der Waals surface area (Å²) in [5.74, 6) is 0. The van der Waals surface area contributed by atoms with Gasteiger partial charge in [0, 0.05) is 22.5 Å². The summed E-state index contributed by atoms with van der Waals surface area (Å²) >= 11 is 0. The predicted octanol–water partition coefficient (Wildman–Crippen LogP) is 5.19. The summed E-state index contributed by atoms with van der Waals surface area (Å²) in [4.78, 5) is 0. The highest BCUT2D eigenvalue weighted by molar-refractivity contribution is 6.05. The lowest BCUT2D eigenvalue weighted by molar-refractivity contribution is 0.493. The van der Waals surface area contributed by atoms with Crippen LogP contribution in [0, 0.1) is 5.41 Å². The highest BCUT2D eigenvalue weighted by Crippen LogP contribution is 2.49. The monoisotopic (exact) mass is 265 g/mol. The van der Waals surface area contributed by atoms with Gasteiger partial charge in [-0.25, -0.2) is 0 Å². The molecule has 1 atom stereocenters. The van der Waals surface area contributed by atoms with Crippen LogP contribution in [0.5, 0.6) is 0 Å². The molecule has 4 rings (SSSR count). The van der Waals surface area contributed by atoms with Gasteiger partial charge in [0.25, 0.3) is 0 Å². The molecule has 1 aliphatic rings. The van der Waals surface area contributed by atoms with Gasteiger partial charge in [0.2, 0.25) is 0 Å². The molecule has 1 N–H and O–H groups in total. The Morgan fingerprint density at radius 1 is 1.05 bits per heavy atom. The van der Waals surface area contributed by atoms with Gasteiger partial charge in [0.1, 0.15) is 11.2 Å². The number of anilines is 1. The molecule has 1 fully saturated rings. The second-order valence-corrected chi connectivity index (χ2v) is 6.33. The number of nitrogens with one attached hydrogen (secondary N) is 1. The van der Waals surface area contributed by atoms with Crippen LogP contribution < -0.4 is 5.32 Å². The van der Waals surface area contributed by atoms with Gasteiger partial charge >= 0.3 is 0 Å². The van der Waals surface area contributed by atoms with Gasteiger partial charge in [-0.1, -0.05) is 25.1 Å². The fourth-order valence-electron chi connectivity index (χ4n) is 2.87. The molecule has 2 aromatic carbocycles. The van der Waals surface area contributed by atoms with Gasteiger partial charge in [-0.2, -0.15) is 0 Å². The molecule has 0 aliphatic heterocycles. The van der Waals surface area contributed by atoms with E-state index in [4.69, 9.17) is 4.42 Å². The smallest absolute Gasteiger partial charge is 0.135 e. The lowest BCUT2D eigenvalue weighted by Crippen LogP contribution is -2.24. The molecule has 0 radical (unpaired) electrons. The molecular formula is C18H19NO. The number of rotatable bonds is 3. The number of para-hydroxylation sites is 1. The molecule has 1 saturated carbocycles. The summed E-state index contributed by atoms with van der Waals surface area (Å²) in [7, 11) is 0. The van der Waals surface area contributed by atoms with Crippen LogP contribution in [0.15, 0.2) is 46.9 Å². The van der Waals surface area contributed by atoms with Crippen molar-refractivity contribution in [3.05, 3.63) is 42.5 Å². The molecular weight excluding hydrogens is 246 g/mol. The fraction of sp³-hybridized carbons (Fsp3) is 0.333. The lowest BCUT2D eigenvalue weighted by Gasteiger charge is -2.21. The van der Waals surface area contributed by atoms with Gasteiger partial charge in [-0.3, -0.25) is 0 Å². The maximum atomic E-state index is 5.86. The molecule has 0 amide bonds. The summed E-state index contributed by atoms with van der Waals surface area (Å²) in [6.07, 6.45) is 2.66. The van der Waals surface area contributed by atoms with E-state index in [2.05, 4.69) is 49.5 Å². The normalized spacial score (nSPS) is 18.3. The first-order valence-electron chi connectivity index (χ1n) is 7.34. The Labute approximate surface area is 118 Å². The quantitative estimate of drug-likeness (QED) is 0.705. The molecule has 0 spiro atoms. The Morgan fingerprint density at radius 2 is 1.80 bits per heavy atom. The minimum Gasteiger partial charge on any atom is -0.456 e. The summed E-state index contributed by atoms with van der Waals surface area (Å²) < 4.78 is 5.86. The Balaban J connectivity index is 1.75. The molecule has 1 aromatic heterocycles. The van der Waals surface area contributed by atoms with Crippen LogP contribution in [0.1, 0.15) is 26.7 Å². The second-order valence-electron chi connectivity index (χ2n) is 6.33. The van der Waals surface area contributed by atoms with Crippen molar-refractivity contribution in [2.75, 3.05) is 5.32 Å². The molecule has 102 valence electrons. The van der Waals surface area contributed by atoms with Crippen molar-refractivity contribution in [2.24, 2.45) is 5.41 Å². The number of hydrogen-bond acceptors (Lipinski definition) is 2. The zero-order valence-electron chi connectivity index (χ0n) is 11.9. The van der Waals surface area contributed by atoms with Crippen molar-refractivity contribution < 1.29 is 4.42 Å². The van der Waals surface area contributed by atoms with Crippen molar-refractivity contribution in [3.8, 4) is 0 Å². The molecule has 1 aliphatic carbocycles. The van der Waals surface area contributed by atoms with E-state index in [0.717, 1.165) is 11.2 Å². The fourth-order valence-corrected chi connectivity index (χ4v) is 2.87. The topological polar surface area (TPSA) is 25.2 Å². The van der Waals surface area contributed by atoms with Gasteiger partial charge < -0.3 is 9.73 Å². The van der Waals surface area contributed by atoms with Gasteiger partial charge in [-0.15, -0.1) is 0 Å². The van der Waals surface area contributed by atoms with Crippen molar-refractivity contribution in [1.82, 2.24) is 0 Å². The molecule has 2 nitrogen and oxygen atoms in total. The van der Waals surface area contributed by atoms with Crippen LogP contribution in [0.4, 0.5) is 5.69 Å². The van der Waals surface area contributed by atoms with Crippen LogP contribution in [0.3, 0.4) is 0 Å². The van der Waals surface area contributed by atoms with E-state index in [-0.39, 0.29) is 0 Å². The molecule has 2 heteroatoms. The van der Waals surface area contributed by atoms with Gasteiger partial charge in [-0.05, 0) is 49.4 Å². The summed E-state index contributed by atoms with van der Waals surface area (Å²) in [5.41, 5.74) is 3.58. The number of fused-ring (bicyclic) bond motifs is 3. The summed E-state index contributed by atoms with van der Waals surface area (Å²) in [6, 6.07) is 15.1.